The summed E-state index contributed by atoms with van der Waals surface area (Å²) in [5, 5.41) is 12.8. The maximum absolute atomic E-state index is 13.2. The summed E-state index contributed by atoms with van der Waals surface area (Å²) in [6, 6.07) is 9.26. The second kappa shape index (κ2) is 9.07. The van der Waals surface area contributed by atoms with Crippen LogP contribution in [0.3, 0.4) is 0 Å². The molecule has 1 amide bonds. The van der Waals surface area contributed by atoms with Crippen LogP contribution in [0.2, 0.25) is 0 Å². The minimum atomic E-state index is -0.273. The third-order valence-electron chi connectivity index (χ3n) is 7.26. The van der Waals surface area contributed by atoms with E-state index in [9.17, 15) is 4.79 Å². The van der Waals surface area contributed by atoms with E-state index in [1.165, 1.54) is 0 Å². The van der Waals surface area contributed by atoms with Crippen molar-refractivity contribution in [1.82, 2.24) is 34.9 Å². The van der Waals surface area contributed by atoms with Gasteiger partial charge in [0.1, 0.15) is 6.04 Å². The van der Waals surface area contributed by atoms with Crippen molar-refractivity contribution >= 4 is 5.91 Å². The predicted octanol–water partition coefficient (Wildman–Crippen LogP) is 1.36. The molecule has 3 aliphatic rings. The number of tetrazole rings is 1. The zero-order valence-corrected chi connectivity index (χ0v) is 20.7. The van der Waals surface area contributed by atoms with Gasteiger partial charge in [0.25, 0.3) is 5.91 Å². The number of hydrogen-bond acceptors (Lipinski definition) is 9. The number of aromatic nitrogens is 4. The Balaban J connectivity index is 1.39. The monoisotopic (exact) mass is 491 g/mol. The maximum Gasteiger partial charge on any atom is 0.254 e. The Morgan fingerprint density at radius 3 is 2.72 bits per heavy atom. The van der Waals surface area contributed by atoms with E-state index >= 15 is 0 Å². The summed E-state index contributed by atoms with van der Waals surface area (Å²) >= 11 is 0. The van der Waals surface area contributed by atoms with Crippen molar-refractivity contribution in [3.8, 4) is 22.9 Å². The molecule has 4 heterocycles. The van der Waals surface area contributed by atoms with E-state index < -0.39 is 0 Å². The molecule has 188 valence electrons. The normalized spacial score (nSPS) is 19.9. The molecule has 0 spiro atoms. The van der Waals surface area contributed by atoms with Gasteiger partial charge in [-0.25, -0.2) is 0 Å². The summed E-state index contributed by atoms with van der Waals surface area (Å²) in [4.78, 5) is 19.6. The standard InChI is InChI=1S/C25H29N7O4/c1-29-9-11-31(12-10-29)25(33)17-5-4-6-18(13-17)32-24(26-27-28-32)21-20-16(7-8-30(21)2)14-19-22(23(20)34-3)36-15-35-19/h4-6,13-14,21H,7-12,15H2,1-3H3/t21-/m0/s1. The van der Waals surface area contributed by atoms with Gasteiger partial charge in [-0.1, -0.05) is 6.07 Å². The third-order valence-corrected chi connectivity index (χ3v) is 7.26. The van der Waals surface area contributed by atoms with Crippen molar-refractivity contribution in [1.29, 1.82) is 0 Å². The maximum atomic E-state index is 13.2. The molecule has 6 rings (SSSR count). The number of rotatable bonds is 4. The lowest BCUT2D eigenvalue weighted by molar-refractivity contribution is 0.0664. The summed E-state index contributed by atoms with van der Waals surface area (Å²) in [6.07, 6.45) is 0.839. The Kier molecular flexibility index (Phi) is 5.73. The molecule has 0 bridgehead atoms. The van der Waals surface area contributed by atoms with Gasteiger partial charge in [-0.05, 0) is 60.8 Å². The zero-order valence-electron chi connectivity index (χ0n) is 20.7. The number of fused-ring (bicyclic) bond motifs is 2. The first-order valence-electron chi connectivity index (χ1n) is 12.1. The number of piperazine rings is 1. The number of hydrogen-bond donors (Lipinski definition) is 0. The van der Waals surface area contributed by atoms with Gasteiger partial charge in [-0.3, -0.25) is 9.69 Å². The summed E-state index contributed by atoms with van der Waals surface area (Å²) in [5.41, 5.74) is 3.44. The second-order valence-corrected chi connectivity index (χ2v) is 9.44. The van der Waals surface area contributed by atoms with Crippen molar-refractivity contribution in [2.75, 3.05) is 60.7 Å². The molecule has 1 atom stereocenters. The minimum Gasteiger partial charge on any atom is -0.492 e. The van der Waals surface area contributed by atoms with E-state index in [2.05, 4.69) is 32.4 Å². The van der Waals surface area contributed by atoms with Crippen LogP contribution < -0.4 is 14.2 Å². The molecule has 2 aromatic carbocycles. The van der Waals surface area contributed by atoms with Crippen LogP contribution in [-0.4, -0.2) is 102 Å². The lowest BCUT2D eigenvalue weighted by atomic mass is 9.90. The number of methoxy groups -OCH3 is 1. The molecule has 3 aliphatic heterocycles. The largest absolute Gasteiger partial charge is 0.492 e. The van der Waals surface area contributed by atoms with Crippen molar-refractivity contribution in [3.63, 3.8) is 0 Å². The quantitative estimate of drug-likeness (QED) is 0.536. The molecule has 0 aliphatic carbocycles. The van der Waals surface area contributed by atoms with Gasteiger partial charge in [0.15, 0.2) is 17.3 Å². The molecule has 0 saturated carbocycles. The van der Waals surface area contributed by atoms with E-state index in [0.29, 0.717) is 28.6 Å². The second-order valence-electron chi connectivity index (χ2n) is 9.44. The number of likely N-dealkylation sites (N-methyl/N-ethyl adjacent to an activating group) is 2. The highest BCUT2D eigenvalue weighted by molar-refractivity contribution is 5.94. The van der Waals surface area contributed by atoms with Crippen molar-refractivity contribution < 1.29 is 19.0 Å². The number of benzene rings is 2. The van der Waals surface area contributed by atoms with Gasteiger partial charge in [-0.15, -0.1) is 5.10 Å². The first-order chi connectivity index (χ1) is 17.5. The van der Waals surface area contributed by atoms with Crippen LogP contribution in [0.4, 0.5) is 0 Å². The lowest BCUT2D eigenvalue weighted by Crippen LogP contribution is -2.47. The topological polar surface area (TPSA) is 98.1 Å². The summed E-state index contributed by atoms with van der Waals surface area (Å²) in [7, 11) is 5.76. The van der Waals surface area contributed by atoms with Gasteiger partial charge < -0.3 is 24.0 Å². The fourth-order valence-corrected chi connectivity index (χ4v) is 5.27. The number of nitrogens with zero attached hydrogens (tertiary/aromatic N) is 7. The molecule has 36 heavy (non-hydrogen) atoms. The Morgan fingerprint density at radius 2 is 1.92 bits per heavy atom. The molecule has 0 N–H and O–H groups in total. The van der Waals surface area contributed by atoms with Crippen LogP contribution in [0.25, 0.3) is 5.69 Å². The van der Waals surface area contributed by atoms with Crippen LogP contribution in [-0.2, 0) is 6.42 Å². The predicted molar refractivity (Wildman–Crippen MR) is 130 cm³/mol. The van der Waals surface area contributed by atoms with Gasteiger partial charge in [0, 0.05) is 43.9 Å². The van der Waals surface area contributed by atoms with Crippen LogP contribution >= 0.6 is 0 Å². The lowest BCUT2D eigenvalue weighted by Gasteiger charge is -2.34. The van der Waals surface area contributed by atoms with Crippen LogP contribution in [0.5, 0.6) is 17.2 Å². The number of carbonyl (C=O) groups is 1. The van der Waals surface area contributed by atoms with E-state index in [0.717, 1.165) is 56.0 Å². The van der Waals surface area contributed by atoms with Crippen LogP contribution in [0.1, 0.15) is 33.4 Å². The number of ether oxygens (including phenoxy) is 3. The molecular formula is C25H29N7O4. The Bertz CT molecular complexity index is 1300. The van der Waals surface area contributed by atoms with Crippen molar-refractivity contribution in [3.05, 3.63) is 52.8 Å². The van der Waals surface area contributed by atoms with Crippen LogP contribution in [0.15, 0.2) is 30.3 Å². The molecule has 11 heteroatoms. The molecule has 0 radical (unpaired) electrons. The highest BCUT2D eigenvalue weighted by Crippen LogP contribution is 2.50. The average Bonchev–Trinajstić information content (AvgIpc) is 3.57. The molecule has 3 aromatic rings. The number of carbonyl (C=O) groups excluding carboxylic acids is 1. The Hall–Kier alpha value is -3.70. The Morgan fingerprint density at radius 1 is 1.08 bits per heavy atom. The molecule has 0 unspecified atom stereocenters. The van der Waals surface area contributed by atoms with Gasteiger partial charge >= 0.3 is 0 Å². The molecular weight excluding hydrogens is 462 g/mol. The first kappa shape index (κ1) is 22.7. The smallest absolute Gasteiger partial charge is 0.254 e. The van der Waals surface area contributed by atoms with Gasteiger partial charge in [0.05, 0.1) is 12.8 Å². The summed E-state index contributed by atoms with van der Waals surface area (Å²) in [6.45, 7) is 4.16. The number of amides is 1. The molecule has 1 aromatic heterocycles. The van der Waals surface area contributed by atoms with E-state index in [1.807, 2.05) is 42.3 Å². The minimum absolute atomic E-state index is 0.0223. The average molecular weight is 492 g/mol. The molecule has 1 saturated heterocycles. The zero-order chi connectivity index (χ0) is 24.8. The highest BCUT2D eigenvalue weighted by atomic mass is 16.7. The molecule has 1 fully saturated rings. The highest BCUT2D eigenvalue weighted by Gasteiger charge is 2.38. The van der Waals surface area contributed by atoms with Gasteiger partial charge in [0.2, 0.25) is 12.5 Å². The SMILES string of the molecule is COc1c2c(cc3c1[C@@H](c1nnnn1-c1cccc(C(=O)N4CCN(C)CC4)c1)N(C)CC3)OCO2. The fourth-order valence-electron chi connectivity index (χ4n) is 5.27. The van der Waals surface area contributed by atoms with Crippen molar-refractivity contribution in [2.45, 2.75) is 12.5 Å². The first-order valence-corrected chi connectivity index (χ1v) is 12.1. The van der Waals surface area contributed by atoms with E-state index in [1.54, 1.807) is 11.8 Å². The van der Waals surface area contributed by atoms with Crippen molar-refractivity contribution in [2.24, 2.45) is 0 Å². The van der Waals surface area contributed by atoms with E-state index in [4.69, 9.17) is 14.2 Å². The van der Waals surface area contributed by atoms with E-state index in [-0.39, 0.29) is 18.7 Å². The third kappa shape index (κ3) is 3.75. The fraction of sp³-hybridized carbons (Fsp3) is 0.440. The molecule has 11 nitrogen and oxygen atoms in total. The van der Waals surface area contributed by atoms with Gasteiger partial charge in [-0.2, -0.15) is 4.68 Å². The van der Waals surface area contributed by atoms with Crippen LogP contribution in [0, 0.1) is 0 Å². The summed E-state index contributed by atoms with van der Waals surface area (Å²) < 4.78 is 18.9. The Labute approximate surface area is 209 Å². The summed E-state index contributed by atoms with van der Waals surface area (Å²) in [5.74, 6) is 2.61.